The SMILES string of the molecule is CCCCCC(C)NCc1cc2cccc(OC)c2o1. The van der Waals surface area contributed by atoms with Crippen molar-refractivity contribution in [3.63, 3.8) is 0 Å². The highest BCUT2D eigenvalue weighted by atomic mass is 16.5. The van der Waals surface area contributed by atoms with E-state index >= 15 is 0 Å². The summed E-state index contributed by atoms with van der Waals surface area (Å²) >= 11 is 0. The molecule has 1 heterocycles. The summed E-state index contributed by atoms with van der Waals surface area (Å²) in [5.41, 5.74) is 0.838. The van der Waals surface area contributed by atoms with Gasteiger partial charge in [-0.05, 0) is 25.5 Å². The fraction of sp³-hybridized carbons (Fsp3) is 0.529. The van der Waals surface area contributed by atoms with Crippen molar-refractivity contribution >= 4 is 11.0 Å². The minimum absolute atomic E-state index is 0.525. The molecule has 110 valence electrons. The summed E-state index contributed by atoms with van der Waals surface area (Å²) in [4.78, 5) is 0. The monoisotopic (exact) mass is 275 g/mol. The lowest BCUT2D eigenvalue weighted by Crippen LogP contribution is -2.25. The van der Waals surface area contributed by atoms with Gasteiger partial charge in [-0.2, -0.15) is 0 Å². The third-order valence-electron chi connectivity index (χ3n) is 3.64. The smallest absolute Gasteiger partial charge is 0.176 e. The van der Waals surface area contributed by atoms with Gasteiger partial charge in [0.15, 0.2) is 11.3 Å². The number of rotatable bonds is 8. The summed E-state index contributed by atoms with van der Waals surface area (Å²) in [7, 11) is 1.67. The van der Waals surface area contributed by atoms with Gasteiger partial charge in [-0.1, -0.05) is 38.3 Å². The van der Waals surface area contributed by atoms with Crippen molar-refractivity contribution < 1.29 is 9.15 Å². The highest BCUT2D eigenvalue weighted by Crippen LogP contribution is 2.28. The highest BCUT2D eigenvalue weighted by molar-refractivity contribution is 5.83. The first-order valence-electron chi connectivity index (χ1n) is 7.53. The zero-order valence-corrected chi connectivity index (χ0v) is 12.7. The molecule has 0 fully saturated rings. The quantitative estimate of drug-likeness (QED) is 0.720. The van der Waals surface area contributed by atoms with Gasteiger partial charge in [0, 0.05) is 11.4 Å². The molecule has 0 bridgehead atoms. The lowest BCUT2D eigenvalue weighted by Gasteiger charge is -2.12. The van der Waals surface area contributed by atoms with Gasteiger partial charge >= 0.3 is 0 Å². The van der Waals surface area contributed by atoms with Crippen LogP contribution < -0.4 is 10.1 Å². The van der Waals surface area contributed by atoms with Crippen LogP contribution in [0.3, 0.4) is 0 Å². The molecule has 0 spiro atoms. The van der Waals surface area contributed by atoms with Crippen molar-refractivity contribution in [2.45, 2.75) is 52.1 Å². The van der Waals surface area contributed by atoms with E-state index in [2.05, 4.69) is 31.3 Å². The summed E-state index contributed by atoms with van der Waals surface area (Å²) in [5, 5.41) is 4.62. The van der Waals surface area contributed by atoms with Crippen molar-refractivity contribution in [1.82, 2.24) is 5.32 Å². The largest absolute Gasteiger partial charge is 0.493 e. The molecule has 1 unspecified atom stereocenters. The maximum atomic E-state index is 5.88. The Hall–Kier alpha value is -1.48. The van der Waals surface area contributed by atoms with E-state index in [0.29, 0.717) is 6.04 Å². The Kier molecular flexibility index (Phi) is 5.48. The molecular weight excluding hydrogens is 250 g/mol. The van der Waals surface area contributed by atoms with E-state index in [1.165, 1.54) is 25.7 Å². The Bertz CT molecular complexity index is 533. The van der Waals surface area contributed by atoms with Crippen molar-refractivity contribution in [1.29, 1.82) is 0 Å². The predicted octanol–water partition coefficient (Wildman–Crippen LogP) is 4.50. The molecule has 0 aliphatic carbocycles. The maximum Gasteiger partial charge on any atom is 0.176 e. The van der Waals surface area contributed by atoms with Gasteiger partial charge in [0.1, 0.15) is 5.76 Å². The maximum absolute atomic E-state index is 5.88. The second-order valence-corrected chi connectivity index (χ2v) is 5.37. The van der Waals surface area contributed by atoms with E-state index in [9.17, 15) is 0 Å². The van der Waals surface area contributed by atoms with Crippen LogP contribution in [0.15, 0.2) is 28.7 Å². The predicted molar refractivity (Wildman–Crippen MR) is 83.2 cm³/mol. The number of fused-ring (bicyclic) bond motifs is 1. The molecule has 1 N–H and O–H groups in total. The van der Waals surface area contributed by atoms with Crippen LogP contribution in [0, 0.1) is 0 Å². The lowest BCUT2D eigenvalue weighted by molar-refractivity contribution is 0.402. The van der Waals surface area contributed by atoms with E-state index in [-0.39, 0.29) is 0 Å². The number of unbranched alkanes of at least 4 members (excludes halogenated alkanes) is 2. The lowest BCUT2D eigenvalue weighted by atomic mass is 10.1. The Morgan fingerprint density at radius 3 is 2.90 bits per heavy atom. The van der Waals surface area contributed by atoms with E-state index in [0.717, 1.165) is 29.0 Å². The van der Waals surface area contributed by atoms with Crippen LogP contribution in [0.1, 0.15) is 45.3 Å². The van der Waals surface area contributed by atoms with Crippen LogP contribution in [0.4, 0.5) is 0 Å². The van der Waals surface area contributed by atoms with Gasteiger partial charge in [-0.15, -0.1) is 0 Å². The Balaban J connectivity index is 1.93. The Morgan fingerprint density at radius 2 is 2.15 bits per heavy atom. The number of nitrogens with one attached hydrogen (secondary N) is 1. The van der Waals surface area contributed by atoms with Gasteiger partial charge < -0.3 is 14.5 Å². The van der Waals surface area contributed by atoms with Crippen molar-refractivity contribution in [2.24, 2.45) is 0 Å². The van der Waals surface area contributed by atoms with Gasteiger partial charge in [0.2, 0.25) is 0 Å². The molecule has 0 saturated heterocycles. The summed E-state index contributed by atoms with van der Waals surface area (Å²) in [6.07, 6.45) is 5.10. The summed E-state index contributed by atoms with van der Waals surface area (Å²) in [5.74, 6) is 1.76. The second-order valence-electron chi connectivity index (χ2n) is 5.37. The molecular formula is C17H25NO2. The first-order chi connectivity index (χ1) is 9.74. The van der Waals surface area contributed by atoms with E-state index in [4.69, 9.17) is 9.15 Å². The van der Waals surface area contributed by atoms with Gasteiger partial charge in [-0.3, -0.25) is 0 Å². The molecule has 0 aliphatic rings. The number of furan rings is 1. The Labute approximate surface area is 121 Å². The third-order valence-corrected chi connectivity index (χ3v) is 3.64. The molecule has 1 aromatic carbocycles. The molecule has 3 nitrogen and oxygen atoms in total. The molecule has 0 saturated carbocycles. The van der Waals surface area contributed by atoms with E-state index < -0.39 is 0 Å². The molecule has 0 amide bonds. The molecule has 2 aromatic rings. The zero-order valence-electron chi connectivity index (χ0n) is 12.7. The van der Waals surface area contributed by atoms with Crippen LogP contribution >= 0.6 is 0 Å². The first kappa shape index (κ1) is 14.9. The summed E-state index contributed by atoms with van der Waals surface area (Å²) in [6.45, 7) is 5.24. The number of methoxy groups -OCH3 is 1. The molecule has 20 heavy (non-hydrogen) atoms. The fourth-order valence-corrected chi connectivity index (χ4v) is 2.41. The van der Waals surface area contributed by atoms with Crippen molar-refractivity contribution in [2.75, 3.05) is 7.11 Å². The molecule has 0 radical (unpaired) electrons. The average Bonchev–Trinajstić information content (AvgIpc) is 2.88. The van der Waals surface area contributed by atoms with Crippen LogP contribution in [0.25, 0.3) is 11.0 Å². The zero-order chi connectivity index (χ0) is 14.4. The van der Waals surface area contributed by atoms with E-state index in [1.54, 1.807) is 7.11 Å². The fourth-order valence-electron chi connectivity index (χ4n) is 2.41. The standard InChI is InChI=1S/C17H25NO2/c1-4-5-6-8-13(2)18-12-15-11-14-9-7-10-16(19-3)17(14)20-15/h7,9-11,13,18H,4-6,8,12H2,1-3H3. The second kappa shape index (κ2) is 7.34. The number of para-hydroxylation sites is 1. The van der Waals surface area contributed by atoms with E-state index in [1.807, 2.05) is 12.1 Å². The number of ether oxygens (including phenoxy) is 1. The molecule has 3 heteroatoms. The summed E-state index contributed by atoms with van der Waals surface area (Å²) in [6, 6.07) is 8.58. The van der Waals surface area contributed by atoms with Gasteiger partial charge in [0.05, 0.1) is 13.7 Å². The van der Waals surface area contributed by atoms with Crippen molar-refractivity contribution in [3.8, 4) is 5.75 Å². The van der Waals surface area contributed by atoms with Crippen LogP contribution in [0.2, 0.25) is 0 Å². The summed E-state index contributed by atoms with van der Waals surface area (Å²) < 4.78 is 11.2. The molecule has 0 aliphatic heterocycles. The van der Waals surface area contributed by atoms with Gasteiger partial charge in [0.25, 0.3) is 0 Å². The van der Waals surface area contributed by atoms with Crippen LogP contribution in [0.5, 0.6) is 5.75 Å². The Morgan fingerprint density at radius 1 is 1.30 bits per heavy atom. The average molecular weight is 275 g/mol. The number of hydrogen-bond donors (Lipinski definition) is 1. The van der Waals surface area contributed by atoms with Crippen LogP contribution in [-0.2, 0) is 6.54 Å². The number of benzene rings is 1. The highest BCUT2D eigenvalue weighted by Gasteiger charge is 2.09. The topological polar surface area (TPSA) is 34.4 Å². The van der Waals surface area contributed by atoms with Crippen LogP contribution in [-0.4, -0.2) is 13.2 Å². The first-order valence-corrected chi connectivity index (χ1v) is 7.53. The molecule has 1 atom stereocenters. The van der Waals surface area contributed by atoms with Crippen molar-refractivity contribution in [3.05, 3.63) is 30.0 Å². The normalized spacial score (nSPS) is 12.8. The molecule has 1 aromatic heterocycles. The third kappa shape index (κ3) is 3.76. The minimum Gasteiger partial charge on any atom is -0.493 e. The van der Waals surface area contributed by atoms with Gasteiger partial charge in [-0.25, -0.2) is 0 Å². The minimum atomic E-state index is 0.525. The number of hydrogen-bond acceptors (Lipinski definition) is 3. The molecule has 2 rings (SSSR count).